The van der Waals surface area contributed by atoms with Crippen molar-refractivity contribution in [3.05, 3.63) is 51.4 Å². The SMILES string of the molecule is CCC(C)c1ccc(C(C)NC(=S)Nc2sc(C)c(C)c2C(=O)OC)cc1. The maximum Gasteiger partial charge on any atom is 0.341 e. The maximum absolute atomic E-state index is 12.1. The lowest BCUT2D eigenvalue weighted by atomic mass is 9.96. The number of anilines is 1. The van der Waals surface area contributed by atoms with Crippen LogP contribution in [0.25, 0.3) is 0 Å². The van der Waals surface area contributed by atoms with Gasteiger partial charge in [0.25, 0.3) is 0 Å². The fourth-order valence-electron chi connectivity index (χ4n) is 2.83. The van der Waals surface area contributed by atoms with Gasteiger partial charge in [0.1, 0.15) is 5.00 Å². The van der Waals surface area contributed by atoms with Crippen LogP contribution in [0.4, 0.5) is 5.00 Å². The normalized spacial score (nSPS) is 13.0. The lowest BCUT2D eigenvalue weighted by Gasteiger charge is -2.18. The molecule has 6 heteroatoms. The molecule has 27 heavy (non-hydrogen) atoms. The van der Waals surface area contributed by atoms with E-state index in [2.05, 4.69) is 55.7 Å². The van der Waals surface area contributed by atoms with E-state index in [1.54, 1.807) is 0 Å². The summed E-state index contributed by atoms with van der Waals surface area (Å²) in [5.74, 6) is 0.211. The number of thiophene rings is 1. The average molecular weight is 405 g/mol. The molecule has 2 atom stereocenters. The molecule has 1 aromatic heterocycles. The van der Waals surface area contributed by atoms with Gasteiger partial charge in [-0.15, -0.1) is 11.3 Å². The summed E-state index contributed by atoms with van der Waals surface area (Å²) in [6.07, 6.45) is 1.13. The lowest BCUT2D eigenvalue weighted by Crippen LogP contribution is -2.31. The highest BCUT2D eigenvalue weighted by Gasteiger charge is 2.21. The van der Waals surface area contributed by atoms with Crippen LogP contribution in [0.2, 0.25) is 0 Å². The van der Waals surface area contributed by atoms with E-state index in [0.29, 0.717) is 21.6 Å². The summed E-state index contributed by atoms with van der Waals surface area (Å²) in [6, 6.07) is 8.70. The summed E-state index contributed by atoms with van der Waals surface area (Å²) in [4.78, 5) is 13.2. The number of hydrogen-bond donors (Lipinski definition) is 2. The summed E-state index contributed by atoms with van der Waals surface area (Å²) < 4.78 is 4.91. The summed E-state index contributed by atoms with van der Waals surface area (Å²) in [7, 11) is 1.39. The van der Waals surface area contributed by atoms with Gasteiger partial charge < -0.3 is 15.4 Å². The molecule has 0 bridgehead atoms. The number of rotatable bonds is 6. The minimum absolute atomic E-state index is 0.0553. The molecular formula is C21H28N2O2S2. The van der Waals surface area contributed by atoms with Crippen LogP contribution in [0.15, 0.2) is 24.3 Å². The molecule has 0 aliphatic heterocycles. The molecule has 0 spiro atoms. The van der Waals surface area contributed by atoms with Crippen LogP contribution in [0.1, 0.15) is 71.1 Å². The van der Waals surface area contributed by atoms with Crippen LogP contribution in [-0.2, 0) is 4.74 Å². The molecule has 2 rings (SSSR count). The van der Waals surface area contributed by atoms with Crippen molar-refractivity contribution in [3.8, 4) is 0 Å². The standard InChI is InChI=1S/C21H28N2O2S2/c1-7-12(2)16-8-10-17(11-9-16)14(4)22-21(26)23-19-18(20(24)25-6)13(3)15(5)27-19/h8-12,14H,7H2,1-6H3,(H2,22,23,26). The molecule has 1 heterocycles. The number of nitrogens with one attached hydrogen (secondary N) is 2. The molecule has 0 aliphatic carbocycles. The van der Waals surface area contributed by atoms with Gasteiger partial charge in [0.2, 0.25) is 0 Å². The molecule has 0 saturated carbocycles. The summed E-state index contributed by atoms with van der Waals surface area (Å²) >= 11 is 6.97. The van der Waals surface area contributed by atoms with E-state index < -0.39 is 0 Å². The van der Waals surface area contributed by atoms with Crippen molar-refractivity contribution in [1.82, 2.24) is 5.32 Å². The molecule has 146 valence electrons. The fraction of sp³-hybridized carbons (Fsp3) is 0.429. The first-order valence-corrected chi connectivity index (χ1v) is 10.4. The van der Waals surface area contributed by atoms with Crippen LogP contribution in [0, 0.1) is 13.8 Å². The Labute approximate surface area is 171 Å². The van der Waals surface area contributed by atoms with Gasteiger partial charge >= 0.3 is 5.97 Å². The van der Waals surface area contributed by atoms with Gasteiger partial charge in [-0.05, 0) is 62.0 Å². The van der Waals surface area contributed by atoms with Crippen molar-refractivity contribution in [2.45, 2.75) is 53.0 Å². The molecule has 2 unspecified atom stereocenters. The number of carbonyl (C=O) groups excluding carboxylic acids is 1. The van der Waals surface area contributed by atoms with Crippen LogP contribution >= 0.6 is 23.6 Å². The van der Waals surface area contributed by atoms with Crippen molar-refractivity contribution in [1.29, 1.82) is 0 Å². The van der Waals surface area contributed by atoms with Crippen molar-refractivity contribution in [3.63, 3.8) is 0 Å². The molecule has 2 aromatic rings. The number of esters is 1. The van der Waals surface area contributed by atoms with Crippen LogP contribution in [0.5, 0.6) is 0 Å². The first kappa shape index (κ1) is 21.4. The summed E-state index contributed by atoms with van der Waals surface area (Å²) in [5, 5.41) is 7.66. The number of ether oxygens (including phenoxy) is 1. The van der Waals surface area contributed by atoms with Crippen molar-refractivity contribution in [2.75, 3.05) is 12.4 Å². The second-order valence-corrected chi connectivity index (χ2v) is 8.41. The lowest BCUT2D eigenvalue weighted by molar-refractivity contribution is 0.0601. The Morgan fingerprint density at radius 1 is 1.19 bits per heavy atom. The Kier molecular flexibility index (Phi) is 7.39. The van der Waals surface area contributed by atoms with E-state index in [9.17, 15) is 4.79 Å². The quantitative estimate of drug-likeness (QED) is 0.477. The van der Waals surface area contributed by atoms with E-state index in [4.69, 9.17) is 17.0 Å². The third-order valence-electron chi connectivity index (χ3n) is 4.97. The Bertz CT molecular complexity index is 812. The highest BCUT2D eigenvalue weighted by molar-refractivity contribution is 7.80. The van der Waals surface area contributed by atoms with E-state index in [-0.39, 0.29) is 12.0 Å². The second-order valence-electron chi connectivity index (χ2n) is 6.78. The van der Waals surface area contributed by atoms with Crippen molar-refractivity contribution >= 4 is 39.6 Å². The zero-order valence-electron chi connectivity index (χ0n) is 16.8. The largest absolute Gasteiger partial charge is 0.465 e. The van der Waals surface area contributed by atoms with E-state index in [1.807, 2.05) is 13.8 Å². The van der Waals surface area contributed by atoms with Gasteiger partial charge in [-0.1, -0.05) is 38.1 Å². The van der Waals surface area contributed by atoms with E-state index in [1.165, 1.54) is 24.0 Å². The first-order chi connectivity index (χ1) is 12.8. The van der Waals surface area contributed by atoms with E-state index >= 15 is 0 Å². The third-order valence-corrected chi connectivity index (χ3v) is 6.31. The van der Waals surface area contributed by atoms with Crippen LogP contribution in [-0.4, -0.2) is 18.2 Å². The second kappa shape index (κ2) is 9.33. The minimum Gasteiger partial charge on any atom is -0.465 e. The van der Waals surface area contributed by atoms with Crippen molar-refractivity contribution < 1.29 is 9.53 Å². The third kappa shape index (κ3) is 5.08. The van der Waals surface area contributed by atoms with Gasteiger partial charge in [-0.3, -0.25) is 0 Å². The average Bonchev–Trinajstić information content (AvgIpc) is 2.93. The predicted molar refractivity (Wildman–Crippen MR) is 118 cm³/mol. The Morgan fingerprint density at radius 2 is 1.78 bits per heavy atom. The fourth-order valence-corrected chi connectivity index (χ4v) is 4.23. The smallest absolute Gasteiger partial charge is 0.341 e. The Hall–Kier alpha value is -1.92. The molecule has 0 radical (unpaired) electrons. The Balaban J connectivity index is 2.07. The highest BCUT2D eigenvalue weighted by Crippen LogP contribution is 2.33. The van der Waals surface area contributed by atoms with Gasteiger partial charge in [-0.2, -0.15) is 0 Å². The maximum atomic E-state index is 12.1. The Morgan fingerprint density at radius 3 is 2.33 bits per heavy atom. The number of aryl methyl sites for hydroxylation is 1. The number of benzene rings is 1. The molecular weight excluding hydrogens is 376 g/mol. The first-order valence-electron chi connectivity index (χ1n) is 9.14. The molecule has 0 amide bonds. The van der Waals surface area contributed by atoms with Crippen LogP contribution in [0.3, 0.4) is 0 Å². The molecule has 0 aliphatic rings. The van der Waals surface area contributed by atoms with E-state index in [0.717, 1.165) is 22.4 Å². The van der Waals surface area contributed by atoms with Gasteiger partial charge in [0.05, 0.1) is 18.7 Å². The number of methoxy groups -OCH3 is 1. The van der Waals surface area contributed by atoms with Gasteiger partial charge in [-0.25, -0.2) is 4.79 Å². The zero-order valence-corrected chi connectivity index (χ0v) is 18.4. The van der Waals surface area contributed by atoms with Crippen LogP contribution < -0.4 is 10.6 Å². The molecule has 0 fully saturated rings. The van der Waals surface area contributed by atoms with Gasteiger partial charge in [0.15, 0.2) is 5.11 Å². The molecule has 1 aromatic carbocycles. The number of hydrogen-bond acceptors (Lipinski definition) is 4. The molecule has 0 saturated heterocycles. The summed E-state index contributed by atoms with van der Waals surface area (Å²) in [6.45, 7) is 10.4. The highest BCUT2D eigenvalue weighted by atomic mass is 32.1. The number of carbonyl (C=O) groups is 1. The topological polar surface area (TPSA) is 50.4 Å². The zero-order chi connectivity index (χ0) is 20.1. The van der Waals surface area contributed by atoms with Gasteiger partial charge in [0, 0.05) is 4.88 Å². The number of thiocarbonyl (C=S) groups is 1. The summed E-state index contributed by atoms with van der Waals surface area (Å²) in [5.41, 5.74) is 3.99. The minimum atomic E-state index is -0.351. The molecule has 4 nitrogen and oxygen atoms in total. The predicted octanol–water partition coefficient (Wildman–Crippen LogP) is 5.71. The van der Waals surface area contributed by atoms with Crippen molar-refractivity contribution in [2.24, 2.45) is 0 Å². The monoisotopic (exact) mass is 404 g/mol. The molecule has 2 N–H and O–H groups in total.